The molecule has 0 spiro atoms. The van der Waals surface area contributed by atoms with Gasteiger partial charge < -0.3 is 23.3 Å². The summed E-state index contributed by atoms with van der Waals surface area (Å²) in [7, 11) is 3.16. The van der Waals surface area contributed by atoms with Crippen LogP contribution in [0.5, 0.6) is 5.75 Å². The molecule has 1 aromatic carbocycles. The number of carbonyl (C=O) groups is 2. The molecule has 0 aliphatic heterocycles. The van der Waals surface area contributed by atoms with Gasteiger partial charge in [0.2, 0.25) is 0 Å². The molecule has 35 heavy (non-hydrogen) atoms. The van der Waals surface area contributed by atoms with Gasteiger partial charge in [-0.25, -0.2) is 19.1 Å². The summed E-state index contributed by atoms with van der Waals surface area (Å²) in [5.41, 5.74) is 2.63. The van der Waals surface area contributed by atoms with Crippen LogP contribution in [0.4, 0.5) is 4.79 Å². The van der Waals surface area contributed by atoms with Crippen molar-refractivity contribution in [2.45, 2.75) is 39.9 Å². The molecule has 3 aromatic heterocycles. The smallest absolute Gasteiger partial charge is 0.419 e. The highest BCUT2D eigenvalue weighted by molar-refractivity contribution is 5.97. The van der Waals surface area contributed by atoms with Crippen LogP contribution in [0.3, 0.4) is 0 Å². The van der Waals surface area contributed by atoms with Crippen LogP contribution < -0.4 is 4.74 Å². The lowest BCUT2D eigenvalue weighted by Crippen LogP contribution is -2.27. The Bertz CT molecular complexity index is 1410. The molecule has 0 unspecified atom stereocenters. The molecule has 0 radical (unpaired) electrons. The summed E-state index contributed by atoms with van der Waals surface area (Å²) in [6.45, 7) is 7.71. The maximum atomic E-state index is 13.4. The molecule has 3 heterocycles. The highest BCUT2D eigenvalue weighted by Crippen LogP contribution is 2.34. The number of ether oxygens (including phenoxy) is 4. The predicted molar refractivity (Wildman–Crippen MR) is 131 cm³/mol. The lowest BCUT2D eigenvalue weighted by molar-refractivity contribution is 0.0522. The van der Waals surface area contributed by atoms with Crippen molar-refractivity contribution in [2.24, 2.45) is 0 Å². The Morgan fingerprint density at radius 1 is 1.06 bits per heavy atom. The van der Waals surface area contributed by atoms with E-state index in [1.807, 2.05) is 43.4 Å². The Labute approximate surface area is 203 Å². The molecule has 0 amide bonds. The van der Waals surface area contributed by atoms with Crippen molar-refractivity contribution in [1.82, 2.24) is 14.0 Å². The third-order valence-electron chi connectivity index (χ3n) is 5.35. The Balaban J connectivity index is 1.97. The summed E-state index contributed by atoms with van der Waals surface area (Å²) >= 11 is 0. The Hall–Kier alpha value is -3.85. The number of esters is 1. The number of rotatable bonds is 6. The molecule has 9 nitrogen and oxygen atoms in total. The number of pyridine rings is 1. The van der Waals surface area contributed by atoms with Crippen molar-refractivity contribution in [1.29, 1.82) is 0 Å². The molecule has 184 valence electrons. The zero-order valence-corrected chi connectivity index (χ0v) is 20.7. The molecule has 0 bridgehead atoms. The SMILES string of the molecule is CCOC(=O)c1ccn2c(COC)c(-c3cc4ccc(OC)cc4n3C(=O)OC(C)(C)C)nc2c1. The van der Waals surface area contributed by atoms with E-state index in [9.17, 15) is 9.59 Å². The summed E-state index contributed by atoms with van der Waals surface area (Å²) in [5.74, 6) is 0.181. The highest BCUT2D eigenvalue weighted by Gasteiger charge is 2.26. The minimum Gasteiger partial charge on any atom is -0.497 e. The van der Waals surface area contributed by atoms with Crippen molar-refractivity contribution in [2.75, 3.05) is 20.8 Å². The van der Waals surface area contributed by atoms with E-state index in [2.05, 4.69) is 0 Å². The second-order valence-electron chi connectivity index (χ2n) is 8.97. The summed E-state index contributed by atoms with van der Waals surface area (Å²) in [6, 6.07) is 10.7. The van der Waals surface area contributed by atoms with Crippen molar-refractivity contribution in [3.8, 4) is 17.1 Å². The highest BCUT2D eigenvalue weighted by atomic mass is 16.6. The largest absolute Gasteiger partial charge is 0.497 e. The fraction of sp³-hybridized carbons (Fsp3) is 0.346. The normalized spacial score (nSPS) is 11.7. The molecule has 0 atom stereocenters. The van der Waals surface area contributed by atoms with Crippen LogP contribution in [0.15, 0.2) is 42.6 Å². The predicted octanol–water partition coefficient (Wildman–Crippen LogP) is 5.07. The number of methoxy groups -OCH3 is 2. The van der Waals surface area contributed by atoms with E-state index in [4.69, 9.17) is 23.9 Å². The van der Waals surface area contributed by atoms with E-state index in [-0.39, 0.29) is 13.2 Å². The van der Waals surface area contributed by atoms with Gasteiger partial charge in [-0.3, -0.25) is 0 Å². The zero-order chi connectivity index (χ0) is 25.3. The molecular formula is C26H29N3O6. The Kier molecular flexibility index (Phi) is 6.53. The summed E-state index contributed by atoms with van der Waals surface area (Å²) in [5, 5.41) is 0.819. The first kappa shape index (κ1) is 24.3. The van der Waals surface area contributed by atoms with Gasteiger partial charge in [0, 0.05) is 24.8 Å². The molecule has 0 saturated carbocycles. The number of imidazole rings is 1. The van der Waals surface area contributed by atoms with Gasteiger partial charge in [0.15, 0.2) is 0 Å². The molecule has 0 fully saturated rings. The number of aromatic nitrogens is 3. The Morgan fingerprint density at radius 2 is 1.83 bits per heavy atom. The van der Waals surface area contributed by atoms with Crippen molar-refractivity contribution in [3.05, 3.63) is 53.9 Å². The second kappa shape index (κ2) is 9.42. The average molecular weight is 480 g/mol. The van der Waals surface area contributed by atoms with E-state index < -0.39 is 17.7 Å². The summed E-state index contributed by atoms with van der Waals surface area (Å²) in [6.07, 6.45) is 1.21. The van der Waals surface area contributed by atoms with E-state index in [0.29, 0.717) is 33.9 Å². The first-order valence-electron chi connectivity index (χ1n) is 11.3. The number of benzene rings is 1. The molecule has 0 N–H and O–H groups in total. The van der Waals surface area contributed by atoms with Crippen LogP contribution in [-0.4, -0.2) is 52.4 Å². The third-order valence-corrected chi connectivity index (χ3v) is 5.35. The van der Waals surface area contributed by atoms with Crippen LogP contribution in [0.25, 0.3) is 27.9 Å². The fourth-order valence-corrected chi connectivity index (χ4v) is 3.90. The van der Waals surface area contributed by atoms with E-state index >= 15 is 0 Å². The van der Waals surface area contributed by atoms with Gasteiger partial charge >= 0.3 is 12.1 Å². The lowest BCUT2D eigenvalue weighted by atomic mass is 10.2. The van der Waals surface area contributed by atoms with Crippen LogP contribution in [0, 0.1) is 0 Å². The number of nitrogens with zero attached hydrogens (tertiary/aromatic N) is 3. The monoisotopic (exact) mass is 479 g/mol. The molecule has 9 heteroatoms. The van der Waals surface area contributed by atoms with Crippen LogP contribution in [0.2, 0.25) is 0 Å². The van der Waals surface area contributed by atoms with Gasteiger partial charge in [0.1, 0.15) is 22.7 Å². The maximum Gasteiger partial charge on any atom is 0.419 e. The zero-order valence-electron chi connectivity index (χ0n) is 20.7. The minimum atomic E-state index is -0.702. The van der Waals surface area contributed by atoms with Crippen molar-refractivity contribution in [3.63, 3.8) is 0 Å². The van der Waals surface area contributed by atoms with Crippen molar-refractivity contribution < 1.29 is 28.5 Å². The van der Waals surface area contributed by atoms with Crippen molar-refractivity contribution >= 4 is 28.6 Å². The lowest BCUT2D eigenvalue weighted by Gasteiger charge is -2.21. The summed E-state index contributed by atoms with van der Waals surface area (Å²) in [4.78, 5) is 30.5. The Morgan fingerprint density at radius 3 is 2.49 bits per heavy atom. The molecule has 4 rings (SSSR count). The first-order valence-corrected chi connectivity index (χ1v) is 11.3. The van der Waals surface area contributed by atoms with Crippen LogP contribution in [-0.2, 0) is 20.8 Å². The van der Waals surface area contributed by atoms with Gasteiger partial charge in [0.25, 0.3) is 0 Å². The van der Waals surface area contributed by atoms with Gasteiger partial charge in [-0.1, -0.05) is 0 Å². The minimum absolute atomic E-state index is 0.231. The van der Waals surface area contributed by atoms with Gasteiger partial charge in [0.05, 0.1) is 42.8 Å². The quantitative estimate of drug-likeness (QED) is 0.356. The van der Waals surface area contributed by atoms with Gasteiger partial charge in [-0.2, -0.15) is 0 Å². The van der Waals surface area contributed by atoms with E-state index in [0.717, 1.165) is 11.1 Å². The first-order chi connectivity index (χ1) is 16.7. The number of hydrogen-bond donors (Lipinski definition) is 0. The van der Waals surface area contributed by atoms with E-state index in [1.54, 1.807) is 45.5 Å². The number of hydrogen-bond acceptors (Lipinski definition) is 7. The van der Waals surface area contributed by atoms with Crippen LogP contribution >= 0.6 is 0 Å². The third kappa shape index (κ3) is 4.72. The second-order valence-corrected chi connectivity index (χ2v) is 8.97. The maximum absolute atomic E-state index is 13.4. The molecule has 4 aromatic rings. The number of fused-ring (bicyclic) bond motifs is 2. The van der Waals surface area contributed by atoms with E-state index in [1.165, 1.54) is 4.57 Å². The summed E-state index contributed by atoms with van der Waals surface area (Å²) < 4.78 is 25.0. The fourth-order valence-electron chi connectivity index (χ4n) is 3.90. The average Bonchev–Trinajstić information content (AvgIpc) is 3.35. The van der Waals surface area contributed by atoms with Gasteiger partial charge in [-0.05, 0) is 58.0 Å². The topological polar surface area (TPSA) is 93.3 Å². The number of carbonyl (C=O) groups excluding carboxylic acids is 2. The standard InChI is InChI=1S/C26H29N3O6/c1-7-34-24(30)17-10-11-28-21(15-32-5)23(27-22(28)13-17)20-12-16-8-9-18(33-6)14-19(16)29(20)25(31)35-26(2,3)4/h8-14H,7,15H2,1-6H3. The molecule has 0 saturated heterocycles. The molecular weight excluding hydrogens is 450 g/mol. The molecule has 0 aliphatic carbocycles. The van der Waals surface area contributed by atoms with Crippen LogP contribution in [0.1, 0.15) is 43.7 Å². The van der Waals surface area contributed by atoms with Gasteiger partial charge in [-0.15, -0.1) is 0 Å². The molecule has 0 aliphatic rings.